The van der Waals surface area contributed by atoms with Crippen molar-refractivity contribution in [3.8, 4) is 5.75 Å². The molecule has 7 nitrogen and oxygen atoms in total. The smallest absolute Gasteiger partial charge is 0.289 e. The molecule has 0 radical (unpaired) electrons. The van der Waals surface area contributed by atoms with Crippen LogP contribution in [0.1, 0.15) is 12.8 Å². The zero-order valence-corrected chi connectivity index (χ0v) is 16.2. The molecule has 1 aromatic carbocycles. The van der Waals surface area contributed by atoms with E-state index < -0.39 is 0 Å². The summed E-state index contributed by atoms with van der Waals surface area (Å²) in [5.41, 5.74) is 1.73. The van der Waals surface area contributed by atoms with Crippen molar-refractivity contribution >= 4 is 11.4 Å². The number of ether oxygens (including phenoxy) is 1. The zero-order valence-electron chi connectivity index (χ0n) is 16.2. The Bertz CT molecular complexity index is 784. The monoisotopic (exact) mass is 371 g/mol. The van der Waals surface area contributed by atoms with E-state index in [1.807, 2.05) is 12.1 Å². The van der Waals surface area contributed by atoms with Crippen LogP contribution < -0.4 is 20.5 Å². The topological polar surface area (TPSA) is 62.6 Å². The molecule has 1 aromatic heterocycles. The second-order valence-corrected chi connectivity index (χ2v) is 6.81. The molecular formula is C20H29N5O2. The van der Waals surface area contributed by atoms with Gasteiger partial charge in [0.15, 0.2) is 0 Å². The molecule has 0 saturated carbocycles. The summed E-state index contributed by atoms with van der Waals surface area (Å²) in [6.45, 7) is 6.07. The van der Waals surface area contributed by atoms with E-state index in [0.29, 0.717) is 5.69 Å². The summed E-state index contributed by atoms with van der Waals surface area (Å²) in [5.74, 6) is 0.944. The maximum atomic E-state index is 11.9. The minimum atomic E-state index is -0.0787. The lowest BCUT2D eigenvalue weighted by molar-refractivity contribution is 0.253. The summed E-state index contributed by atoms with van der Waals surface area (Å²) in [4.78, 5) is 16.8. The minimum Gasteiger partial charge on any atom is -0.495 e. The second kappa shape index (κ2) is 9.41. The molecular weight excluding hydrogens is 342 g/mol. The van der Waals surface area contributed by atoms with Gasteiger partial charge in [-0.05, 0) is 37.6 Å². The fraction of sp³-hybridized carbons (Fsp3) is 0.500. The van der Waals surface area contributed by atoms with Gasteiger partial charge >= 0.3 is 0 Å². The van der Waals surface area contributed by atoms with Crippen LogP contribution in [0.2, 0.25) is 0 Å². The summed E-state index contributed by atoms with van der Waals surface area (Å²) < 4.78 is 6.83. The molecule has 0 unspecified atom stereocenters. The van der Waals surface area contributed by atoms with E-state index in [4.69, 9.17) is 4.74 Å². The number of hydrogen-bond donors (Lipinski definition) is 1. The summed E-state index contributed by atoms with van der Waals surface area (Å²) in [6.07, 6.45) is 3.80. The molecule has 27 heavy (non-hydrogen) atoms. The van der Waals surface area contributed by atoms with Crippen LogP contribution in [0, 0.1) is 0 Å². The predicted molar refractivity (Wildman–Crippen MR) is 109 cm³/mol. The summed E-state index contributed by atoms with van der Waals surface area (Å²) in [5, 5.41) is 7.15. The van der Waals surface area contributed by atoms with Crippen LogP contribution in [0.4, 0.5) is 11.4 Å². The van der Waals surface area contributed by atoms with Gasteiger partial charge in [0, 0.05) is 46.0 Å². The van der Waals surface area contributed by atoms with E-state index in [-0.39, 0.29) is 5.56 Å². The van der Waals surface area contributed by atoms with Crippen LogP contribution in [0.5, 0.6) is 5.75 Å². The first kappa shape index (κ1) is 19.2. The fourth-order valence-electron chi connectivity index (χ4n) is 3.43. The largest absolute Gasteiger partial charge is 0.495 e. The Labute approximate surface area is 160 Å². The first-order valence-corrected chi connectivity index (χ1v) is 9.55. The van der Waals surface area contributed by atoms with Gasteiger partial charge in [0.25, 0.3) is 5.56 Å². The first-order chi connectivity index (χ1) is 13.2. The number of aryl methyl sites for hydroxylation is 1. The zero-order chi connectivity index (χ0) is 19.1. The highest BCUT2D eigenvalue weighted by atomic mass is 16.5. The number of nitrogens with zero attached hydrogens (tertiary/aromatic N) is 4. The average Bonchev–Trinajstić information content (AvgIpc) is 2.71. The molecule has 2 aromatic rings. The highest BCUT2D eigenvalue weighted by Gasteiger charge is 2.18. The number of para-hydroxylation sites is 2. The number of benzene rings is 1. The van der Waals surface area contributed by atoms with Gasteiger partial charge in [-0.3, -0.25) is 9.69 Å². The molecule has 0 spiro atoms. The molecule has 0 atom stereocenters. The summed E-state index contributed by atoms with van der Waals surface area (Å²) >= 11 is 0. The fourth-order valence-corrected chi connectivity index (χ4v) is 3.43. The molecule has 0 aliphatic carbocycles. The van der Waals surface area contributed by atoms with Crippen LogP contribution in [-0.2, 0) is 7.05 Å². The van der Waals surface area contributed by atoms with Crippen LogP contribution in [0.3, 0.4) is 0 Å². The average molecular weight is 371 g/mol. The predicted octanol–water partition coefficient (Wildman–Crippen LogP) is 1.80. The van der Waals surface area contributed by atoms with Gasteiger partial charge in [0.1, 0.15) is 11.4 Å². The molecule has 1 aliphatic heterocycles. The van der Waals surface area contributed by atoms with Crippen molar-refractivity contribution < 1.29 is 4.74 Å². The number of rotatable bonds is 8. The Kier molecular flexibility index (Phi) is 6.70. The molecule has 146 valence electrons. The van der Waals surface area contributed by atoms with E-state index in [1.165, 1.54) is 10.4 Å². The highest BCUT2D eigenvalue weighted by molar-refractivity contribution is 5.58. The number of aromatic nitrogens is 2. The van der Waals surface area contributed by atoms with E-state index in [0.717, 1.165) is 57.9 Å². The normalized spacial score (nSPS) is 15.0. The van der Waals surface area contributed by atoms with Crippen molar-refractivity contribution in [1.82, 2.24) is 14.7 Å². The molecule has 2 heterocycles. The maximum absolute atomic E-state index is 11.9. The minimum absolute atomic E-state index is 0.0787. The highest BCUT2D eigenvalue weighted by Crippen LogP contribution is 2.28. The maximum Gasteiger partial charge on any atom is 0.289 e. The molecule has 1 aliphatic rings. The van der Waals surface area contributed by atoms with Gasteiger partial charge in [-0.15, -0.1) is 0 Å². The Morgan fingerprint density at radius 3 is 2.67 bits per heavy atom. The van der Waals surface area contributed by atoms with Crippen LogP contribution >= 0.6 is 0 Å². The molecule has 0 bridgehead atoms. The van der Waals surface area contributed by atoms with E-state index >= 15 is 0 Å². The standard InChI is InChI=1S/C20H29N5O2/c1-23-20(26)17(9-11-22-23)21-10-5-6-12-24-13-15-25(16-14-24)18-7-3-4-8-19(18)27-2/h3-4,7-9,11,21H,5-6,10,12-16H2,1-2H3. The number of unbranched alkanes of at least 4 members (excludes halogenated alkanes) is 1. The summed E-state index contributed by atoms with van der Waals surface area (Å²) in [6, 6.07) is 9.95. The molecule has 0 amide bonds. The van der Waals surface area contributed by atoms with Gasteiger partial charge in [0.05, 0.1) is 12.8 Å². The third kappa shape index (κ3) is 5.01. The van der Waals surface area contributed by atoms with Crippen molar-refractivity contribution in [2.75, 3.05) is 56.6 Å². The van der Waals surface area contributed by atoms with Gasteiger partial charge in [-0.25, -0.2) is 4.68 Å². The molecule has 1 N–H and O–H groups in total. The number of piperazine rings is 1. The Morgan fingerprint density at radius 1 is 1.11 bits per heavy atom. The molecule has 7 heteroatoms. The Hall–Kier alpha value is -2.54. The first-order valence-electron chi connectivity index (χ1n) is 9.55. The lowest BCUT2D eigenvalue weighted by Gasteiger charge is -2.36. The Morgan fingerprint density at radius 2 is 1.89 bits per heavy atom. The number of hydrogen-bond acceptors (Lipinski definition) is 6. The van der Waals surface area contributed by atoms with Crippen molar-refractivity contribution in [1.29, 1.82) is 0 Å². The van der Waals surface area contributed by atoms with Crippen LogP contribution in [-0.4, -0.2) is 61.1 Å². The number of nitrogens with one attached hydrogen (secondary N) is 1. The third-order valence-electron chi connectivity index (χ3n) is 5.02. The lowest BCUT2D eigenvalue weighted by Crippen LogP contribution is -2.46. The lowest BCUT2D eigenvalue weighted by atomic mass is 10.2. The van der Waals surface area contributed by atoms with Crippen molar-refractivity contribution in [3.05, 3.63) is 46.9 Å². The quantitative estimate of drug-likeness (QED) is 0.714. The van der Waals surface area contributed by atoms with E-state index in [2.05, 4.69) is 32.3 Å². The van der Waals surface area contributed by atoms with Gasteiger partial charge in [0.2, 0.25) is 0 Å². The van der Waals surface area contributed by atoms with Gasteiger partial charge in [-0.2, -0.15) is 5.10 Å². The van der Waals surface area contributed by atoms with Crippen LogP contribution in [0.25, 0.3) is 0 Å². The van der Waals surface area contributed by atoms with Crippen LogP contribution in [0.15, 0.2) is 41.3 Å². The van der Waals surface area contributed by atoms with E-state index in [9.17, 15) is 4.79 Å². The summed E-state index contributed by atoms with van der Waals surface area (Å²) in [7, 11) is 3.39. The number of methoxy groups -OCH3 is 1. The molecule has 1 saturated heterocycles. The van der Waals surface area contributed by atoms with Crippen molar-refractivity contribution in [2.24, 2.45) is 7.05 Å². The van der Waals surface area contributed by atoms with Crippen molar-refractivity contribution in [3.63, 3.8) is 0 Å². The third-order valence-corrected chi connectivity index (χ3v) is 5.02. The molecule has 1 fully saturated rings. The Balaban J connectivity index is 1.36. The second-order valence-electron chi connectivity index (χ2n) is 6.81. The van der Waals surface area contributed by atoms with Gasteiger partial charge in [-0.1, -0.05) is 12.1 Å². The SMILES string of the molecule is COc1ccccc1N1CCN(CCCCNc2ccnn(C)c2=O)CC1. The molecule has 3 rings (SSSR count). The van der Waals surface area contributed by atoms with Crippen molar-refractivity contribution in [2.45, 2.75) is 12.8 Å². The van der Waals surface area contributed by atoms with E-state index in [1.54, 1.807) is 26.4 Å². The number of anilines is 2. The van der Waals surface area contributed by atoms with Gasteiger partial charge < -0.3 is 15.0 Å².